The van der Waals surface area contributed by atoms with Gasteiger partial charge in [0.1, 0.15) is 0 Å². The number of thioether (sulfide) groups is 1. The molecular formula is C20H25N5O2S. The zero-order valence-corrected chi connectivity index (χ0v) is 16.9. The molecule has 0 atom stereocenters. The summed E-state index contributed by atoms with van der Waals surface area (Å²) in [6.07, 6.45) is 3.84. The summed E-state index contributed by atoms with van der Waals surface area (Å²) in [5.41, 5.74) is 1.82. The lowest BCUT2D eigenvalue weighted by atomic mass is 10.2. The average molecular weight is 400 g/mol. The van der Waals surface area contributed by atoms with E-state index >= 15 is 0 Å². The van der Waals surface area contributed by atoms with Crippen molar-refractivity contribution in [1.29, 1.82) is 0 Å². The van der Waals surface area contributed by atoms with Crippen molar-refractivity contribution in [3.05, 3.63) is 42.1 Å². The maximum Gasteiger partial charge on any atom is 0.253 e. The van der Waals surface area contributed by atoms with Gasteiger partial charge in [0.2, 0.25) is 0 Å². The van der Waals surface area contributed by atoms with Gasteiger partial charge < -0.3 is 19.4 Å². The van der Waals surface area contributed by atoms with Crippen LogP contribution in [0, 0.1) is 0 Å². The Hall–Kier alpha value is -2.32. The van der Waals surface area contributed by atoms with Crippen LogP contribution in [-0.4, -0.2) is 79.7 Å². The maximum atomic E-state index is 12.8. The van der Waals surface area contributed by atoms with E-state index in [1.165, 1.54) is 4.90 Å². The summed E-state index contributed by atoms with van der Waals surface area (Å²) in [5.74, 6) is 1.00. The molecule has 0 bridgehead atoms. The Kier molecular flexibility index (Phi) is 5.97. The number of benzene rings is 1. The SMILES string of the molecule is CSc1ccc(C(=O)N2CCN(c3cnnc(N4CCOCC4)c3)CC2)cc1. The van der Waals surface area contributed by atoms with Crippen molar-refractivity contribution in [3.63, 3.8) is 0 Å². The number of piperazine rings is 1. The molecule has 1 aromatic heterocycles. The van der Waals surface area contributed by atoms with Crippen molar-refractivity contribution in [2.45, 2.75) is 4.90 Å². The largest absolute Gasteiger partial charge is 0.378 e. The predicted molar refractivity (Wildman–Crippen MR) is 111 cm³/mol. The lowest BCUT2D eigenvalue weighted by Gasteiger charge is -2.36. The minimum absolute atomic E-state index is 0.106. The smallest absolute Gasteiger partial charge is 0.253 e. The molecule has 0 saturated carbocycles. The van der Waals surface area contributed by atoms with Gasteiger partial charge >= 0.3 is 0 Å². The number of carbonyl (C=O) groups is 1. The van der Waals surface area contributed by atoms with Crippen LogP contribution in [0.1, 0.15) is 10.4 Å². The van der Waals surface area contributed by atoms with E-state index in [4.69, 9.17) is 4.74 Å². The van der Waals surface area contributed by atoms with Crippen molar-refractivity contribution in [3.8, 4) is 0 Å². The van der Waals surface area contributed by atoms with Crippen molar-refractivity contribution < 1.29 is 9.53 Å². The van der Waals surface area contributed by atoms with E-state index < -0.39 is 0 Å². The molecule has 2 saturated heterocycles. The second-order valence-electron chi connectivity index (χ2n) is 6.88. The van der Waals surface area contributed by atoms with E-state index in [9.17, 15) is 4.79 Å². The van der Waals surface area contributed by atoms with Gasteiger partial charge in [0.05, 0.1) is 25.1 Å². The number of carbonyl (C=O) groups excluding carboxylic acids is 1. The van der Waals surface area contributed by atoms with Gasteiger partial charge in [0.15, 0.2) is 5.82 Å². The molecule has 2 aliphatic rings. The summed E-state index contributed by atoms with van der Waals surface area (Å²) >= 11 is 1.68. The van der Waals surface area contributed by atoms with Gasteiger partial charge in [-0.1, -0.05) is 0 Å². The minimum Gasteiger partial charge on any atom is -0.378 e. The van der Waals surface area contributed by atoms with Gasteiger partial charge in [-0.3, -0.25) is 4.79 Å². The van der Waals surface area contributed by atoms with Gasteiger partial charge in [0.25, 0.3) is 5.91 Å². The van der Waals surface area contributed by atoms with Crippen LogP contribution in [0.5, 0.6) is 0 Å². The first kappa shape index (κ1) is 19.0. The molecule has 2 fully saturated rings. The standard InChI is InChI=1S/C20H25N5O2S/c1-28-18-4-2-16(3-5-18)20(26)25-8-6-23(7-9-25)17-14-19(22-21-15-17)24-10-12-27-13-11-24/h2-5,14-15H,6-13H2,1H3. The number of ether oxygens (including phenoxy) is 1. The Morgan fingerprint density at radius 1 is 1.00 bits per heavy atom. The molecule has 0 spiro atoms. The monoisotopic (exact) mass is 399 g/mol. The predicted octanol–water partition coefficient (Wildman–Crippen LogP) is 2.00. The second kappa shape index (κ2) is 8.79. The molecule has 8 heteroatoms. The highest BCUT2D eigenvalue weighted by molar-refractivity contribution is 7.98. The Labute approximate surface area is 169 Å². The highest BCUT2D eigenvalue weighted by Crippen LogP contribution is 2.22. The molecule has 3 heterocycles. The van der Waals surface area contributed by atoms with Gasteiger partial charge in [-0.25, -0.2) is 0 Å². The molecule has 0 aliphatic carbocycles. The van der Waals surface area contributed by atoms with E-state index in [1.54, 1.807) is 11.8 Å². The molecule has 0 N–H and O–H groups in total. The van der Waals surface area contributed by atoms with Crippen LogP contribution in [0.3, 0.4) is 0 Å². The molecule has 148 valence electrons. The number of rotatable bonds is 4. The van der Waals surface area contributed by atoms with Crippen LogP contribution < -0.4 is 9.80 Å². The van der Waals surface area contributed by atoms with E-state index in [0.717, 1.165) is 56.5 Å². The van der Waals surface area contributed by atoms with Crippen molar-refractivity contribution >= 4 is 29.2 Å². The quantitative estimate of drug-likeness (QED) is 0.729. The average Bonchev–Trinajstić information content (AvgIpc) is 2.79. The summed E-state index contributed by atoms with van der Waals surface area (Å²) in [6.45, 7) is 6.14. The van der Waals surface area contributed by atoms with Crippen LogP contribution in [0.2, 0.25) is 0 Å². The zero-order chi connectivity index (χ0) is 19.3. The molecule has 0 radical (unpaired) electrons. The van der Waals surface area contributed by atoms with Crippen LogP contribution in [-0.2, 0) is 4.74 Å². The lowest BCUT2D eigenvalue weighted by molar-refractivity contribution is 0.0746. The molecule has 2 aliphatic heterocycles. The molecule has 1 amide bonds. The Morgan fingerprint density at radius 2 is 1.71 bits per heavy atom. The molecular weight excluding hydrogens is 374 g/mol. The number of hydrogen-bond donors (Lipinski definition) is 0. The number of anilines is 2. The highest BCUT2D eigenvalue weighted by Gasteiger charge is 2.23. The minimum atomic E-state index is 0.106. The van der Waals surface area contributed by atoms with E-state index in [2.05, 4.69) is 26.1 Å². The van der Waals surface area contributed by atoms with Crippen LogP contribution >= 0.6 is 11.8 Å². The Bertz CT molecular complexity index is 802. The third-order valence-corrected chi connectivity index (χ3v) is 5.97. The molecule has 7 nitrogen and oxygen atoms in total. The van der Waals surface area contributed by atoms with Crippen LogP contribution in [0.4, 0.5) is 11.5 Å². The second-order valence-corrected chi connectivity index (χ2v) is 7.76. The van der Waals surface area contributed by atoms with Gasteiger partial charge in [-0.05, 0) is 30.5 Å². The normalized spacial score (nSPS) is 17.7. The molecule has 4 rings (SSSR count). The molecule has 28 heavy (non-hydrogen) atoms. The number of aromatic nitrogens is 2. The van der Waals surface area contributed by atoms with Gasteiger partial charge in [0, 0.05) is 55.8 Å². The van der Waals surface area contributed by atoms with Crippen molar-refractivity contribution in [1.82, 2.24) is 15.1 Å². The molecule has 2 aromatic rings. The fraction of sp³-hybridized carbons (Fsp3) is 0.450. The fourth-order valence-corrected chi connectivity index (χ4v) is 3.96. The van der Waals surface area contributed by atoms with Crippen molar-refractivity contribution in [2.75, 3.05) is 68.5 Å². The summed E-state index contributed by atoms with van der Waals surface area (Å²) in [6, 6.07) is 9.94. The van der Waals surface area contributed by atoms with E-state index in [-0.39, 0.29) is 5.91 Å². The van der Waals surface area contributed by atoms with E-state index in [1.807, 2.05) is 41.6 Å². The first-order valence-electron chi connectivity index (χ1n) is 9.58. The summed E-state index contributed by atoms with van der Waals surface area (Å²) < 4.78 is 5.41. The molecule has 1 aromatic carbocycles. The first-order chi connectivity index (χ1) is 13.7. The third-order valence-electron chi connectivity index (χ3n) is 5.23. The zero-order valence-electron chi connectivity index (χ0n) is 16.1. The fourth-order valence-electron chi connectivity index (χ4n) is 3.55. The first-order valence-corrected chi connectivity index (χ1v) is 10.8. The van der Waals surface area contributed by atoms with Crippen LogP contribution in [0.25, 0.3) is 0 Å². The number of hydrogen-bond acceptors (Lipinski definition) is 7. The van der Waals surface area contributed by atoms with Gasteiger partial charge in [-0.2, -0.15) is 5.10 Å². The number of amides is 1. The van der Waals surface area contributed by atoms with E-state index in [0.29, 0.717) is 13.1 Å². The lowest BCUT2D eigenvalue weighted by Crippen LogP contribution is -2.49. The summed E-state index contributed by atoms with van der Waals surface area (Å²) in [4.78, 5) is 20.3. The Morgan fingerprint density at radius 3 is 2.39 bits per heavy atom. The van der Waals surface area contributed by atoms with Gasteiger partial charge in [-0.15, -0.1) is 16.9 Å². The highest BCUT2D eigenvalue weighted by atomic mass is 32.2. The third kappa shape index (κ3) is 4.23. The summed E-state index contributed by atoms with van der Waals surface area (Å²) in [7, 11) is 0. The van der Waals surface area contributed by atoms with Crippen molar-refractivity contribution in [2.24, 2.45) is 0 Å². The Balaban J connectivity index is 1.37. The summed E-state index contributed by atoms with van der Waals surface area (Å²) in [5, 5.41) is 8.48. The number of morpholine rings is 1. The van der Waals surface area contributed by atoms with Crippen LogP contribution in [0.15, 0.2) is 41.4 Å². The molecule has 0 unspecified atom stereocenters. The number of nitrogens with zero attached hydrogens (tertiary/aromatic N) is 5. The maximum absolute atomic E-state index is 12.8. The topological polar surface area (TPSA) is 61.8 Å².